The number of aliphatic hydroxyl groups is 1. The molecule has 39 heavy (non-hydrogen) atoms. The smallest absolute Gasteiger partial charge is 0.407 e. The van der Waals surface area contributed by atoms with E-state index < -0.39 is 17.1 Å². The number of nitrogens with zero attached hydrogens (tertiary/aromatic N) is 5. The fourth-order valence-corrected chi connectivity index (χ4v) is 5.88. The number of hydrogen-bond acceptors (Lipinski definition) is 7. The van der Waals surface area contributed by atoms with Gasteiger partial charge < -0.3 is 24.5 Å². The molecule has 2 aromatic heterocycles. The van der Waals surface area contributed by atoms with Crippen molar-refractivity contribution in [2.75, 3.05) is 26.2 Å². The Morgan fingerprint density at radius 3 is 2.49 bits per heavy atom. The van der Waals surface area contributed by atoms with Crippen LogP contribution in [0.4, 0.5) is 4.79 Å². The molecule has 2 aliphatic heterocycles. The number of aromatic nitrogens is 3. The number of rotatable bonds is 6. The highest BCUT2D eigenvalue weighted by Gasteiger charge is 2.57. The molecule has 2 saturated heterocycles. The second-order valence-corrected chi connectivity index (χ2v) is 11.4. The third kappa shape index (κ3) is 4.78. The molecule has 2 fully saturated rings. The first-order chi connectivity index (χ1) is 18.5. The Bertz CT molecular complexity index is 1360. The number of amides is 2. The van der Waals surface area contributed by atoms with E-state index in [0.717, 1.165) is 24.9 Å². The van der Waals surface area contributed by atoms with E-state index in [4.69, 9.17) is 4.52 Å². The molecule has 0 spiro atoms. The van der Waals surface area contributed by atoms with Gasteiger partial charge in [-0.1, -0.05) is 50.2 Å². The predicted molar refractivity (Wildman–Crippen MR) is 143 cm³/mol. The fourth-order valence-electron chi connectivity index (χ4n) is 5.88. The van der Waals surface area contributed by atoms with Gasteiger partial charge in [0.15, 0.2) is 0 Å². The first-order valence-electron chi connectivity index (χ1n) is 13.4. The van der Waals surface area contributed by atoms with Gasteiger partial charge in [-0.15, -0.1) is 0 Å². The molecule has 10 heteroatoms. The van der Waals surface area contributed by atoms with Crippen LogP contribution >= 0.6 is 0 Å². The van der Waals surface area contributed by atoms with Crippen LogP contribution in [0, 0.1) is 5.41 Å². The van der Waals surface area contributed by atoms with Crippen LogP contribution < -0.4 is 0 Å². The number of likely N-dealkylation sites (tertiary alicyclic amines) is 2. The van der Waals surface area contributed by atoms with Gasteiger partial charge in [0.25, 0.3) is 0 Å². The third-order valence-corrected chi connectivity index (χ3v) is 8.29. The summed E-state index contributed by atoms with van der Waals surface area (Å²) in [6.07, 6.45) is 3.95. The van der Waals surface area contributed by atoms with Gasteiger partial charge in [-0.3, -0.25) is 9.78 Å². The molecule has 0 radical (unpaired) electrons. The Hall–Kier alpha value is -3.79. The van der Waals surface area contributed by atoms with Crippen LogP contribution in [0.5, 0.6) is 0 Å². The van der Waals surface area contributed by atoms with Crippen molar-refractivity contribution in [1.82, 2.24) is 24.9 Å². The van der Waals surface area contributed by atoms with Crippen LogP contribution in [-0.2, 0) is 10.4 Å². The lowest BCUT2D eigenvalue weighted by Gasteiger charge is -2.55. The lowest BCUT2D eigenvalue weighted by atomic mass is 9.62. The van der Waals surface area contributed by atoms with Gasteiger partial charge in [-0.25, -0.2) is 4.79 Å². The maximum absolute atomic E-state index is 12.5. The van der Waals surface area contributed by atoms with Crippen molar-refractivity contribution in [1.29, 1.82) is 0 Å². The SMILES string of the molecule is CC(=O)N1CCC[C@@H](c2nc(-c3cncc([C@@](O)(c4ccc(C(C)C)cc4)C4(C)CN(C(=O)O)C4)c3)no2)C1. The Morgan fingerprint density at radius 1 is 1.13 bits per heavy atom. The minimum atomic E-state index is -1.52. The summed E-state index contributed by atoms with van der Waals surface area (Å²) < 4.78 is 5.61. The van der Waals surface area contributed by atoms with Crippen molar-refractivity contribution in [3.05, 3.63) is 65.3 Å². The topological polar surface area (TPSA) is 133 Å². The minimum absolute atomic E-state index is 0.0306. The number of benzene rings is 1. The van der Waals surface area contributed by atoms with E-state index >= 15 is 0 Å². The number of carbonyl (C=O) groups is 2. The Kier molecular flexibility index (Phi) is 6.92. The third-order valence-electron chi connectivity index (χ3n) is 8.29. The second-order valence-electron chi connectivity index (χ2n) is 11.4. The molecule has 2 amide bonds. The molecule has 2 N–H and O–H groups in total. The first-order valence-corrected chi connectivity index (χ1v) is 13.4. The number of hydrogen-bond donors (Lipinski definition) is 2. The largest absolute Gasteiger partial charge is 0.465 e. The first kappa shape index (κ1) is 26.8. The zero-order valence-corrected chi connectivity index (χ0v) is 22.8. The zero-order valence-electron chi connectivity index (χ0n) is 22.8. The maximum atomic E-state index is 12.5. The number of carboxylic acid groups (broad SMARTS) is 1. The Morgan fingerprint density at radius 2 is 1.85 bits per heavy atom. The van der Waals surface area contributed by atoms with Gasteiger partial charge in [-0.2, -0.15) is 4.98 Å². The molecule has 206 valence electrons. The van der Waals surface area contributed by atoms with E-state index in [1.165, 1.54) is 4.90 Å². The molecule has 0 unspecified atom stereocenters. The van der Waals surface area contributed by atoms with Crippen LogP contribution in [0.15, 0.2) is 47.2 Å². The number of piperidine rings is 1. The average molecular weight is 534 g/mol. The van der Waals surface area contributed by atoms with E-state index in [1.54, 1.807) is 30.3 Å². The van der Waals surface area contributed by atoms with Crippen molar-refractivity contribution in [2.45, 2.75) is 58.0 Å². The van der Waals surface area contributed by atoms with Crippen LogP contribution in [0.25, 0.3) is 11.4 Å². The van der Waals surface area contributed by atoms with Crippen molar-refractivity contribution in [3.63, 3.8) is 0 Å². The molecule has 10 nitrogen and oxygen atoms in total. The molecule has 0 aliphatic carbocycles. The second kappa shape index (κ2) is 10.1. The van der Waals surface area contributed by atoms with Crippen LogP contribution in [-0.4, -0.2) is 73.3 Å². The quantitative estimate of drug-likeness (QED) is 0.481. The number of carbonyl (C=O) groups excluding carboxylic acids is 1. The van der Waals surface area contributed by atoms with Crippen LogP contribution in [0.1, 0.15) is 75.0 Å². The Labute approximate surface area is 227 Å². The van der Waals surface area contributed by atoms with Crippen molar-refractivity contribution in [3.8, 4) is 11.4 Å². The maximum Gasteiger partial charge on any atom is 0.407 e. The normalized spacial score (nSPS) is 20.4. The van der Waals surface area contributed by atoms with E-state index in [1.807, 2.05) is 31.2 Å². The summed E-state index contributed by atoms with van der Waals surface area (Å²) in [5, 5.41) is 26.2. The van der Waals surface area contributed by atoms with Crippen LogP contribution in [0.3, 0.4) is 0 Å². The molecule has 3 aromatic rings. The van der Waals surface area contributed by atoms with Gasteiger partial charge >= 0.3 is 6.09 Å². The lowest BCUT2D eigenvalue weighted by molar-refractivity contribution is -0.130. The minimum Gasteiger partial charge on any atom is -0.465 e. The highest BCUT2D eigenvalue weighted by molar-refractivity contribution is 5.73. The molecule has 2 atom stereocenters. The highest BCUT2D eigenvalue weighted by Crippen LogP contribution is 2.51. The standard InChI is InChI=1S/C29H35N5O5/c1-18(2)20-7-9-23(10-8-20)29(38,28(4)16-34(17-28)27(36)37)24-12-22(13-30-14-24)25-31-26(39-32-25)21-6-5-11-33(15-21)19(3)35/h7-10,12-14,18,21,38H,5-6,11,15-17H2,1-4H3,(H,36,37)/t21-,29+/m1/s1. The van der Waals surface area contributed by atoms with Gasteiger partial charge in [0.05, 0.1) is 5.92 Å². The molecule has 0 bridgehead atoms. The zero-order chi connectivity index (χ0) is 27.9. The summed E-state index contributed by atoms with van der Waals surface area (Å²) in [6.45, 7) is 9.30. The lowest BCUT2D eigenvalue weighted by Crippen LogP contribution is -2.66. The monoisotopic (exact) mass is 533 g/mol. The molecular formula is C29H35N5O5. The summed E-state index contributed by atoms with van der Waals surface area (Å²) in [6, 6.07) is 9.62. The summed E-state index contributed by atoms with van der Waals surface area (Å²) >= 11 is 0. The summed E-state index contributed by atoms with van der Waals surface area (Å²) in [7, 11) is 0. The van der Waals surface area contributed by atoms with E-state index in [-0.39, 0.29) is 24.9 Å². The molecule has 5 rings (SSSR count). The van der Waals surface area contributed by atoms with Gasteiger partial charge in [0, 0.05) is 62.0 Å². The molecule has 0 saturated carbocycles. The summed E-state index contributed by atoms with van der Waals surface area (Å²) in [5.41, 5.74) is 0.609. The molecule has 4 heterocycles. The van der Waals surface area contributed by atoms with Crippen molar-refractivity contribution < 1.29 is 24.3 Å². The van der Waals surface area contributed by atoms with E-state index in [9.17, 15) is 19.8 Å². The fraction of sp³-hybridized carbons (Fsp3) is 0.483. The van der Waals surface area contributed by atoms with Crippen molar-refractivity contribution in [2.24, 2.45) is 5.41 Å². The summed E-state index contributed by atoms with van der Waals surface area (Å²) in [4.78, 5) is 35.6. The van der Waals surface area contributed by atoms with Gasteiger partial charge in [0.1, 0.15) is 5.60 Å². The summed E-state index contributed by atoms with van der Waals surface area (Å²) in [5.74, 6) is 1.15. The average Bonchev–Trinajstić information content (AvgIpc) is 3.41. The van der Waals surface area contributed by atoms with Gasteiger partial charge in [-0.05, 0) is 36.0 Å². The highest BCUT2D eigenvalue weighted by atomic mass is 16.5. The van der Waals surface area contributed by atoms with Gasteiger partial charge in [0.2, 0.25) is 17.6 Å². The predicted octanol–water partition coefficient (Wildman–Crippen LogP) is 4.22. The molecule has 2 aliphatic rings. The molecular weight excluding hydrogens is 498 g/mol. The Balaban J connectivity index is 1.50. The van der Waals surface area contributed by atoms with E-state index in [2.05, 4.69) is 29.0 Å². The number of pyridine rings is 1. The van der Waals surface area contributed by atoms with Crippen LogP contribution in [0.2, 0.25) is 0 Å². The van der Waals surface area contributed by atoms with Crippen molar-refractivity contribution >= 4 is 12.0 Å². The van der Waals surface area contributed by atoms with E-state index in [0.29, 0.717) is 40.9 Å². The molecule has 1 aromatic carbocycles.